The molecule has 16 nitrogen and oxygen atoms in total. The molecule has 16 heteroatoms. The summed E-state index contributed by atoms with van der Waals surface area (Å²) in [5, 5.41) is 89.4. The minimum atomic E-state index is -1.76. The predicted molar refractivity (Wildman–Crippen MR) is 105 cm³/mol. The first-order valence-corrected chi connectivity index (χ1v) is 10.7. The summed E-state index contributed by atoms with van der Waals surface area (Å²) >= 11 is 0. The number of nitrogens with two attached hydrogens (primary N) is 2. The van der Waals surface area contributed by atoms with Crippen LogP contribution < -0.4 is 11.5 Å². The van der Waals surface area contributed by atoms with Crippen LogP contribution >= 0.6 is 0 Å². The number of ether oxygens (including phenoxy) is 5. The highest BCUT2D eigenvalue weighted by molar-refractivity contribution is 4.96. The van der Waals surface area contributed by atoms with Gasteiger partial charge in [-0.1, -0.05) is 0 Å². The van der Waals surface area contributed by atoms with Crippen LogP contribution in [-0.4, -0.2) is 158 Å². The molecule has 3 heterocycles. The van der Waals surface area contributed by atoms with Crippen LogP contribution in [0.1, 0.15) is 0 Å². The lowest BCUT2D eigenvalue weighted by Gasteiger charge is -2.46. The molecule has 200 valence electrons. The zero-order valence-electron chi connectivity index (χ0n) is 18.0. The summed E-state index contributed by atoms with van der Waals surface area (Å²) in [5.74, 6) is 0. The molecule has 0 saturated carbocycles. The minimum absolute atomic E-state index is 0.441. The third-order valence-electron chi connectivity index (χ3n) is 6.23. The van der Waals surface area contributed by atoms with Crippen LogP contribution in [-0.2, 0) is 23.7 Å². The zero-order valence-corrected chi connectivity index (χ0v) is 18.0. The van der Waals surface area contributed by atoms with Crippen molar-refractivity contribution in [3.05, 3.63) is 0 Å². The van der Waals surface area contributed by atoms with Gasteiger partial charge in [-0.05, 0) is 0 Å². The molecule has 34 heavy (non-hydrogen) atoms. The Morgan fingerprint density at radius 3 is 1.79 bits per heavy atom. The smallest absolute Gasteiger partial charge is 0.187 e. The van der Waals surface area contributed by atoms with Crippen LogP contribution in [0.2, 0.25) is 0 Å². The largest absolute Gasteiger partial charge is 0.394 e. The standard InChI is InChI=1S/C18H34N2O14/c19-7-11(25)10(24)6(31-16(7)29)3-30-17-8(20)12(26)15(5(2-22)33-17)34-18-14(28)13(27)9(23)4(1-21)32-18/h4-18,21-29H,1-3,19-20H2/t4-,5-,6-,7-,8-,9-,10-,11-,12-,13+,14+,15-,16-,17-,18+/m1/s1. The molecule has 3 aliphatic heterocycles. The van der Waals surface area contributed by atoms with E-state index in [0.717, 1.165) is 0 Å². The Labute approximate surface area is 193 Å². The van der Waals surface area contributed by atoms with Crippen molar-refractivity contribution in [3.8, 4) is 0 Å². The molecule has 0 aliphatic carbocycles. The fourth-order valence-corrected chi connectivity index (χ4v) is 4.03. The van der Waals surface area contributed by atoms with Crippen molar-refractivity contribution in [1.29, 1.82) is 0 Å². The SMILES string of the molecule is N[C@@H]1[C@@H](O)[C@H](O)[C@@H](CO[C@@H]2O[C@H](CO)[C@@H](O[C@@H]3O[C@H](CO)[C@@H](O)[C@H](O)[C@@H]3O)[C@H](O)[C@H]2N)O[C@H]1O. The van der Waals surface area contributed by atoms with Crippen molar-refractivity contribution < 1.29 is 69.6 Å². The Morgan fingerprint density at radius 2 is 1.18 bits per heavy atom. The topological polar surface area (TPSA) is 280 Å². The van der Waals surface area contributed by atoms with Gasteiger partial charge in [0, 0.05) is 0 Å². The maximum absolute atomic E-state index is 10.7. The molecule has 0 unspecified atom stereocenters. The van der Waals surface area contributed by atoms with Crippen LogP contribution in [0.15, 0.2) is 0 Å². The monoisotopic (exact) mass is 502 g/mol. The lowest BCUT2D eigenvalue weighted by molar-refractivity contribution is -0.349. The fraction of sp³-hybridized carbons (Fsp3) is 1.00. The van der Waals surface area contributed by atoms with Gasteiger partial charge in [-0.25, -0.2) is 0 Å². The van der Waals surface area contributed by atoms with Gasteiger partial charge in [0.15, 0.2) is 18.9 Å². The first kappa shape index (κ1) is 27.9. The summed E-state index contributed by atoms with van der Waals surface area (Å²) in [7, 11) is 0. The van der Waals surface area contributed by atoms with Crippen molar-refractivity contribution >= 4 is 0 Å². The predicted octanol–water partition coefficient (Wildman–Crippen LogP) is -7.64. The Kier molecular flexibility index (Phi) is 9.54. The van der Waals surface area contributed by atoms with Crippen molar-refractivity contribution in [1.82, 2.24) is 0 Å². The average molecular weight is 502 g/mol. The van der Waals surface area contributed by atoms with Crippen LogP contribution in [0.3, 0.4) is 0 Å². The van der Waals surface area contributed by atoms with Gasteiger partial charge >= 0.3 is 0 Å². The second-order valence-electron chi connectivity index (χ2n) is 8.55. The van der Waals surface area contributed by atoms with E-state index in [2.05, 4.69) is 0 Å². The molecule has 3 rings (SSSR count). The third-order valence-corrected chi connectivity index (χ3v) is 6.23. The molecule has 0 aromatic rings. The van der Waals surface area contributed by atoms with Crippen molar-refractivity contribution in [2.45, 2.75) is 92.0 Å². The maximum Gasteiger partial charge on any atom is 0.187 e. The van der Waals surface area contributed by atoms with Gasteiger partial charge in [-0.3, -0.25) is 0 Å². The molecule has 3 saturated heterocycles. The number of aliphatic hydroxyl groups excluding tert-OH is 9. The van der Waals surface area contributed by atoms with E-state index in [0.29, 0.717) is 0 Å². The first-order valence-electron chi connectivity index (χ1n) is 10.7. The highest BCUT2D eigenvalue weighted by Gasteiger charge is 2.51. The van der Waals surface area contributed by atoms with E-state index in [-0.39, 0.29) is 0 Å². The number of rotatable bonds is 7. The second kappa shape index (κ2) is 11.6. The number of aliphatic hydroxyl groups is 9. The van der Waals surface area contributed by atoms with E-state index in [1.807, 2.05) is 0 Å². The van der Waals surface area contributed by atoms with Crippen molar-refractivity contribution in [2.24, 2.45) is 11.5 Å². The van der Waals surface area contributed by atoms with E-state index >= 15 is 0 Å². The quantitative estimate of drug-likeness (QED) is 0.154. The number of hydrogen-bond donors (Lipinski definition) is 11. The Morgan fingerprint density at radius 1 is 0.588 bits per heavy atom. The fourth-order valence-electron chi connectivity index (χ4n) is 4.03. The summed E-state index contributed by atoms with van der Waals surface area (Å²) in [6, 6.07) is -2.53. The first-order chi connectivity index (χ1) is 16.0. The maximum atomic E-state index is 10.7. The van der Waals surface area contributed by atoms with Gasteiger partial charge in [0.25, 0.3) is 0 Å². The van der Waals surface area contributed by atoms with Gasteiger partial charge in [-0.15, -0.1) is 0 Å². The molecule has 15 atom stereocenters. The average Bonchev–Trinajstić information content (AvgIpc) is 2.83. The molecule has 3 aliphatic rings. The highest BCUT2D eigenvalue weighted by Crippen LogP contribution is 2.29. The van der Waals surface area contributed by atoms with E-state index in [4.69, 9.17) is 35.2 Å². The van der Waals surface area contributed by atoms with E-state index in [1.54, 1.807) is 0 Å². The van der Waals surface area contributed by atoms with Crippen molar-refractivity contribution in [3.63, 3.8) is 0 Å². The van der Waals surface area contributed by atoms with Crippen LogP contribution in [0, 0.1) is 0 Å². The summed E-state index contributed by atoms with van der Waals surface area (Å²) in [6.07, 6.45) is -19.3. The Balaban J connectivity index is 1.63. The summed E-state index contributed by atoms with van der Waals surface area (Å²) < 4.78 is 26.9. The molecule has 0 aromatic carbocycles. The van der Waals surface area contributed by atoms with E-state index in [1.165, 1.54) is 0 Å². The molecule has 3 fully saturated rings. The molecule has 0 spiro atoms. The number of hydrogen-bond acceptors (Lipinski definition) is 16. The van der Waals surface area contributed by atoms with Crippen LogP contribution in [0.4, 0.5) is 0 Å². The normalized spacial score (nSPS) is 52.5. The molecule has 0 amide bonds. The molecule has 0 bridgehead atoms. The van der Waals surface area contributed by atoms with Gasteiger partial charge in [0.2, 0.25) is 0 Å². The second-order valence-corrected chi connectivity index (χ2v) is 8.55. The Bertz CT molecular complexity index is 646. The molecule has 13 N–H and O–H groups in total. The van der Waals surface area contributed by atoms with E-state index in [9.17, 15) is 46.0 Å². The summed E-state index contributed by atoms with van der Waals surface area (Å²) in [5.41, 5.74) is 11.5. The minimum Gasteiger partial charge on any atom is -0.394 e. The lowest BCUT2D eigenvalue weighted by atomic mass is 9.96. The lowest BCUT2D eigenvalue weighted by Crippen LogP contribution is -2.67. The Hall–Kier alpha value is -0.640. The van der Waals surface area contributed by atoms with Crippen LogP contribution in [0.25, 0.3) is 0 Å². The van der Waals surface area contributed by atoms with Gasteiger partial charge in [0.05, 0.1) is 31.9 Å². The van der Waals surface area contributed by atoms with Crippen molar-refractivity contribution in [2.75, 3.05) is 19.8 Å². The molecular weight excluding hydrogens is 468 g/mol. The molecule has 0 aromatic heterocycles. The third kappa shape index (κ3) is 5.52. The summed E-state index contributed by atoms with van der Waals surface area (Å²) in [4.78, 5) is 0. The molecule has 0 radical (unpaired) electrons. The molecular formula is C18H34N2O14. The van der Waals surface area contributed by atoms with Gasteiger partial charge in [0.1, 0.15) is 61.0 Å². The van der Waals surface area contributed by atoms with Gasteiger partial charge in [-0.2, -0.15) is 0 Å². The van der Waals surface area contributed by atoms with E-state index < -0.39 is 112 Å². The summed E-state index contributed by atoms with van der Waals surface area (Å²) in [6.45, 7) is -1.85. The zero-order chi connectivity index (χ0) is 25.3. The van der Waals surface area contributed by atoms with Gasteiger partial charge < -0.3 is 81.1 Å². The highest BCUT2D eigenvalue weighted by atomic mass is 16.7. The van der Waals surface area contributed by atoms with Crippen LogP contribution in [0.5, 0.6) is 0 Å².